The molecule has 3 N–H and O–H groups in total. The molecule has 1 unspecified atom stereocenters. The Morgan fingerprint density at radius 2 is 2.11 bits per heavy atom. The largest absolute Gasteiger partial charge is 0.481 e. The molecule has 0 saturated heterocycles. The lowest BCUT2D eigenvalue weighted by atomic mass is 10.1. The summed E-state index contributed by atoms with van der Waals surface area (Å²) in [4.78, 5) is 24.6. The Bertz CT molecular complexity index is 491. The van der Waals surface area contributed by atoms with Crippen LogP contribution in [-0.4, -0.2) is 35.0 Å². The molecule has 1 aromatic rings. The first-order valence-electron chi connectivity index (χ1n) is 5.93. The topological polar surface area (TPSA) is 83.6 Å². The molecular weight excluding hydrogens is 312 g/mol. The Hall–Kier alpha value is -1.56. The Morgan fingerprint density at radius 3 is 2.58 bits per heavy atom. The van der Waals surface area contributed by atoms with E-state index in [0.29, 0.717) is 17.8 Å². The Balaban J connectivity index is 2.89. The fraction of sp³-hybridized carbons (Fsp3) is 0.385. The fourth-order valence-corrected chi connectivity index (χ4v) is 1.87. The number of nitrogens with zero attached hydrogens (tertiary/aromatic N) is 1. The van der Waals surface area contributed by atoms with Gasteiger partial charge in [0, 0.05) is 28.8 Å². The third-order valence-corrected chi connectivity index (χ3v) is 3.55. The lowest BCUT2D eigenvalue weighted by Gasteiger charge is -2.23. The Kier molecular flexibility index (Phi) is 5.35. The maximum atomic E-state index is 12.3. The van der Waals surface area contributed by atoms with Crippen molar-refractivity contribution < 1.29 is 14.7 Å². The van der Waals surface area contributed by atoms with Gasteiger partial charge in [0.15, 0.2) is 0 Å². The van der Waals surface area contributed by atoms with Crippen LogP contribution < -0.4 is 5.73 Å². The van der Waals surface area contributed by atoms with Crippen LogP contribution in [-0.2, 0) is 4.79 Å². The van der Waals surface area contributed by atoms with Gasteiger partial charge in [-0.2, -0.15) is 0 Å². The van der Waals surface area contributed by atoms with Crippen molar-refractivity contribution in [3.8, 4) is 0 Å². The average Bonchev–Trinajstić information content (AvgIpc) is 2.37. The predicted octanol–water partition coefficient (Wildman–Crippen LogP) is 2.21. The van der Waals surface area contributed by atoms with Crippen molar-refractivity contribution in [3.63, 3.8) is 0 Å². The van der Waals surface area contributed by atoms with Crippen molar-refractivity contribution in [2.45, 2.75) is 13.8 Å². The predicted molar refractivity (Wildman–Crippen MR) is 76.9 cm³/mol. The molecule has 0 heterocycles. The number of nitrogens with two attached hydrogens (primary N) is 1. The van der Waals surface area contributed by atoms with E-state index >= 15 is 0 Å². The molecule has 0 aliphatic heterocycles. The SMILES string of the molecule is CCN(CC(C)C(=O)O)C(=O)c1ccc(Br)c(N)c1. The quantitative estimate of drug-likeness (QED) is 0.812. The summed E-state index contributed by atoms with van der Waals surface area (Å²) in [5.74, 6) is -1.73. The summed E-state index contributed by atoms with van der Waals surface area (Å²) in [7, 11) is 0. The van der Waals surface area contributed by atoms with Gasteiger partial charge in [-0.05, 0) is 41.1 Å². The molecule has 0 fully saturated rings. The third kappa shape index (κ3) is 3.96. The van der Waals surface area contributed by atoms with Crippen molar-refractivity contribution in [2.75, 3.05) is 18.8 Å². The van der Waals surface area contributed by atoms with E-state index in [9.17, 15) is 9.59 Å². The van der Waals surface area contributed by atoms with Crippen molar-refractivity contribution in [3.05, 3.63) is 28.2 Å². The fourth-order valence-electron chi connectivity index (χ4n) is 1.62. The molecule has 1 aromatic carbocycles. The minimum Gasteiger partial charge on any atom is -0.481 e. The van der Waals surface area contributed by atoms with E-state index < -0.39 is 11.9 Å². The maximum Gasteiger partial charge on any atom is 0.308 e. The molecule has 1 atom stereocenters. The van der Waals surface area contributed by atoms with Crippen LogP contribution in [0.1, 0.15) is 24.2 Å². The van der Waals surface area contributed by atoms with E-state index in [-0.39, 0.29) is 12.5 Å². The first-order valence-corrected chi connectivity index (χ1v) is 6.73. The number of carboxylic acids is 1. The van der Waals surface area contributed by atoms with Crippen molar-refractivity contribution >= 4 is 33.5 Å². The monoisotopic (exact) mass is 328 g/mol. The summed E-state index contributed by atoms with van der Waals surface area (Å²) in [5.41, 5.74) is 6.68. The van der Waals surface area contributed by atoms with E-state index in [1.54, 1.807) is 25.1 Å². The van der Waals surface area contributed by atoms with Gasteiger partial charge in [0.1, 0.15) is 0 Å². The molecule has 1 amide bonds. The number of carbonyl (C=O) groups is 2. The first-order chi connectivity index (χ1) is 8.86. The number of hydrogen-bond acceptors (Lipinski definition) is 3. The molecular formula is C13H17BrN2O3. The number of rotatable bonds is 5. The highest BCUT2D eigenvalue weighted by atomic mass is 79.9. The van der Waals surface area contributed by atoms with Gasteiger partial charge in [-0.1, -0.05) is 6.92 Å². The van der Waals surface area contributed by atoms with Crippen molar-refractivity contribution in [1.29, 1.82) is 0 Å². The molecule has 19 heavy (non-hydrogen) atoms. The van der Waals surface area contributed by atoms with E-state index in [2.05, 4.69) is 15.9 Å². The highest BCUT2D eigenvalue weighted by Gasteiger charge is 2.20. The summed E-state index contributed by atoms with van der Waals surface area (Å²) >= 11 is 3.26. The Morgan fingerprint density at radius 1 is 1.47 bits per heavy atom. The number of carboxylic acid groups (broad SMARTS) is 1. The second-order valence-corrected chi connectivity index (χ2v) is 5.17. The summed E-state index contributed by atoms with van der Waals surface area (Å²) in [6, 6.07) is 4.95. The number of hydrogen-bond donors (Lipinski definition) is 2. The summed E-state index contributed by atoms with van der Waals surface area (Å²) in [5, 5.41) is 8.90. The number of benzene rings is 1. The number of aliphatic carboxylic acids is 1. The van der Waals surface area contributed by atoms with Crippen LogP contribution in [0.2, 0.25) is 0 Å². The van der Waals surface area contributed by atoms with E-state index in [1.807, 2.05) is 6.92 Å². The molecule has 6 heteroatoms. The molecule has 0 bridgehead atoms. The van der Waals surface area contributed by atoms with Crippen LogP contribution >= 0.6 is 15.9 Å². The first kappa shape index (κ1) is 15.5. The van der Waals surface area contributed by atoms with Gasteiger partial charge in [-0.15, -0.1) is 0 Å². The molecule has 5 nitrogen and oxygen atoms in total. The van der Waals surface area contributed by atoms with Gasteiger partial charge in [-0.3, -0.25) is 9.59 Å². The molecule has 0 radical (unpaired) electrons. The highest BCUT2D eigenvalue weighted by Crippen LogP contribution is 2.21. The van der Waals surface area contributed by atoms with Gasteiger partial charge in [0.05, 0.1) is 5.92 Å². The molecule has 0 aliphatic rings. The number of amides is 1. The van der Waals surface area contributed by atoms with Gasteiger partial charge in [-0.25, -0.2) is 0 Å². The third-order valence-electron chi connectivity index (χ3n) is 2.83. The zero-order chi connectivity index (χ0) is 14.6. The summed E-state index contributed by atoms with van der Waals surface area (Å²) < 4.78 is 0.728. The van der Waals surface area contributed by atoms with E-state index in [1.165, 1.54) is 4.90 Å². The zero-order valence-corrected chi connectivity index (χ0v) is 12.5. The van der Waals surface area contributed by atoms with Crippen LogP contribution in [0, 0.1) is 5.92 Å². The smallest absolute Gasteiger partial charge is 0.308 e. The zero-order valence-electron chi connectivity index (χ0n) is 10.9. The Labute approximate surface area is 120 Å². The highest BCUT2D eigenvalue weighted by molar-refractivity contribution is 9.10. The number of nitrogen functional groups attached to an aromatic ring is 1. The van der Waals surface area contributed by atoms with E-state index in [0.717, 1.165) is 4.47 Å². The second kappa shape index (κ2) is 6.56. The second-order valence-electron chi connectivity index (χ2n) is 4.32. The maximum absolute atomic E-state index is 12.3. The lowest BCUT2D eigenvalue weighted by Crippen LogP contribution is -2.36. The number of anilines is 1. The molecule has 0 saturated carbocycles. The van der Waals surface area contributed by atoms with Gasteiger partial charge in [0.25, 0.3) is 5.91 Å². The van der Waals surface area contributed by atoms with Crippen molar-refractivity contribution in [2.24, 2.45) is 5.92 Å². The molecule has 0 aliphatic carbocycles. The number of halogens is 1. The minimum atomic E-state index is -0.915. The van der Waals surface area contributed by atoms with E-state index in [4.69, 9.17) is 10.8 Å². The summed E-state index contributed by atoms with van der Waals surface area (Å²) in [6.45, 7) is 4.02. The van der Waals surface area contributed by atoms with Gasteiger partial charge >= 0.3 is 5.97 Å². The summed E-state index contributed by atoms with van der Waals surface area (Å²) in [6.07, 6.45) is 0. The van der Waals surface area contributed by atoms with Crippen LogP contribution in [0.3, 0.4) is 0 Å². The van der Waals surface area contributed by atoms with Gasteiger partial charge < -0.3 is 15.7 Å². The minimum absolute atomic E-state index is 0.181. The molecule has 0 aromatic heterocycles. The number of carbonyl (C=O) groups excluding carboxylic acids is 1. The van der Waals surface area contributed by atoms with Crippen LogP contribution in [0.15, 0.2) is 22.7 Å². The standard InChI is InChI=1S/C13H17BrN2O3/c1-3-16(7-8(2)13(18)19)12(17)9-4-5-10(14)11(15)6-9/h4-6,8H,3,7,15H2,1-2H3,(H,18,19). The van der Waals surface area contributed by atoms with Crippen LogP contribution in [0.4, 0.5) is 5.69 Å². The normalized spacial score (nSPS) is 11.9. The molecule has 1 rings (SSSR count). The van der Waals surface area contributed by atoms with Crippen LogP contribution in [0.25, 0.3) is 0 Å². The average molecular weight is 329 g/mol. The van der Waals surface area contributed by atoms with Crippen LogP contribution in [0.5, 0.6) is 0 Å². The molecule has 104 valence electrons. The van der Waals surface area contributed by atoms with Gasteiger partial charge in [0.2, 0.25) is 0 Å². The van der Waals surface area contributed by atoms with Crippen molar-refractivity contribution in [1.82, 2.24) is 4.90 Å². The molecule has 0 spiro atoms. The lowest BCUT2D eigenvalue weighted by molar-refractivity contribution is -0.141.